The van der Waals surface area contributed by atoms with Crippen LogP contribution in [-0.4, -0.2) is 30.5 Å². The third kappa shape index (κ3) is 5.59. The third-order valence-electron chi connectivity index (χ3n) is 2.76. The molecule has 22 heavy (non-hydrogen) atoms. The molecule has 0 spiro atoms. The van der Waals surface area contributed by atoms with Gasteiger partial charge < -0.3 is 10.1 Å². The predicted octanol–water partition coefficient (Wildman–Crippen LogP) is 3.23. The summed E-state index contributed by atoms with van der Waals surface area (Å²) in [6, 6.07) is 4.14. The molecule has 8 heteroatoms. The number of carbonyl (C=O) groups is 2. The van der Waals surface area contributed by atoms with E-state index in [-0.39, 0.29) is 28.1 Å². The highest BCUT2D eigenvalue weighted by Gasteiger charge is 2.29. The van der Waals surface area contributed by atoms with Gasteiger partial charge in [-0.1, -0.05) is 13.8 Å². The van der Waals surface area contributed by atoms with Crippen molar-refractivity contribution in [3.05, 3.63) is 29.8 Å². The van der Waals surface area contributed by atoms with Crippen LogP contribution in [0.2, 0.25) is 0 Å². The first kappa shape index (κ1) is 18.3. The number of halogens is 3. The molecule has 1 aromatic carbocycles. The molecule has 0 aliphatic heterocycles. The summed E-state index contributed by atoms with van der Waals surface area (Å²) < 4.78 is 41.3. The monoisotopic (exact) mass is 335 g/mol. The Balaban J connectivity index is 2.79. The molecular formula is C14H16F3NO3S. The van der Waals surface area contributed by atoms with Gasteiger partial charge in [0, 0.05) is 10.5 Å². The Labute approximate surface area is 130 Å². The quantitative estimate of drug-likeness (QED) is 0.663. The first-order valence-electron chi connectivity index (χ1n) is 6.38. The fourth-order valence-electron chi connectivity index (χ4n) is 1.66. The maximum atomic E-state index is 12.2. The zero-order chi connectivity index (χ0) is 16.9. The molecule has 0 heterocycles. The number of alkyl halides is 3. The van der Waals surface area contributed by atoms with Gasteiger partial charge >= 0.3 is 11.5 Å². The largest absolute Gasteiger partial charge is 0.467 e. The van der Waals surface area contributed by atoms with E-state index >= 15 is 0 Å². The number of hydrogen-bond acceptors (Lipinski definition) is 4. The summed E-state index contributed by atoms with van der Waals surface area (Å²) in [5.41, 5.74) is -4.21. The number of thioether (sulfide) groups is 1. The number of benzene rings is 1. The molecule has 0 aromatic heterocycles. The van der Waals surface area contributed by atoms with Crippen molar-refractivity contribution in [2.45, 2.75) is 30.3 Å². The number of methoxy groups -OCH3 is 1. The molecule has 4 nitrogen and oxygen atoms in total. The Morgan fingerprint density at radius 3 is 2.14 bits per heavy atom. The highest BCUT2D eigenvalue weighted by atomic mass is 32.2. The number of amides is 1. The van der Waals surface area contributed by atoms with Crippen LogP contribution < -0.4 is 5.32 Å². The third-order valence-corrected chi connectivity index (χ3v) is 3.50. The van der Waals surface area contributed by atoms with Crippen LogP contribution in [0.1, 0.15) is 24.2 Å². The van der Waals surface area contributed by atoms with Crippen LogP contribution in [0.25, 0.3) is 0 Å². The predicted molar refractivity (Wildman–Crippen MR) is 76.5 cm³/mol. The molecule has 122 valence electrons. The number of ether oxygens (including phenoxy) is 1. The molecule has 1 amide bonds. The molecule has 0 aliphatic carbocycles. The van der Waals surface area contributed by atoms with Crippen LogP contribution in [0.15, 0.2) is 29.2 Å². The van der Waals surface area contributed by atoms with Gasteiger partial charge in [0.25, 0.3) is 5.91 Å². The average molecular weight is 335 g/mol. The summed E-state index contributed by atoms with van der Waals surface area (Å²) in [5.74, 6) is -1.31. The van der Waals surface area contributed by atoms with Crippen molar-refractivity contribution in [1.29, 1.82) is 0 Å². The van der Waals surface area contributed by atoms with Gasteiger partial charge in [0.1, 0.15) is 6.04 Å². The highest BCUT2D eigenvalue weighted by molar-refractivity contribution is 8.00. The Bertz CT molecular complexity index is 529. The molecule has 0 saturated heterocycles. The fraction of sp³-hybridized carbons (Fsp3) is 0.429. The van der Waals surface area contributed by atoms with Crippen LogP contribution in [0.5, 0.6) is 0 Å². The van der Waals surface area contributed by atoms with Gasteiger partial charge in [0.05, 0.1) is 7.11 Å². The van der Waals surface area contributed by atoms with Crippen LogP contribution in [-0.2, 0) is 9.53 Å². The molecule has 1 aromatic rings. The van der Waals surface area contributed by atoms with Crippen molar-refractivity contribution >= 4 is 23.6 Å². The lowest BCUT2D eigenvalue weighted by Gasteiger charge is -2.19. The second-order valence-electron chi connectivity index (χ2n) is 4.79. The number of rotatable bonds is 5. The number of nitrogens with one attached hydrogen (secondary N) is 1. The molecule has 0 bridgehead atoms. The maximum Gasteiger partial charge on any atom is 0.446 e. The topological polar surface area (TPSA) is 55.4 Å². The molecule has 0 unspecified atom stereocenters. The Morgan fingerprint density at radius 1 is 1.18 bits per heavy atom. The van der Waals surface area contributed by atoms with Crippen LogP contribution in [0.4, 0.5) is 13.2 Å². The van der Waals surface area contributed by atoms with Crippen molar-refractivity contribution in [3.63, 3.8) is 0 Å². The van der Waals surface area contributed by atoms with E-state index < -0.39 is 23.4 Å². The van der Waals surface area contributed by atoms with Gasteiger partial charge in [0.15, 0.2) is 0 Å². The Morgan fingerprint density at radius 2 is 1.73 bits per heavy atom. The Hall–Kier alpha value is -1.70. The minimum atomic E-state index is -4.38. The maximum absolute atomic E-state index is 12.2. The lowest BCUT2D eigenvalue weighted by atomic mass is 10.0. The van der Waals surface area contributed by atoms with Gasteiger partial charge in [-0.05, 0) is 41.9 Å². The van der Waals surface area contributed by atoms with Gasteiger partial charge in [-0.15, -0.1) is 0 Å². The average Bonchev–Trinajstić information content (AvgIpc) is 2.42. The summed E-state index contributed by atoms with van der Waals surface area (Å²) in [5, 5.41) is 2.51. The first-order chi connectivity index (χ1) is 10.1. The summed E-state index contributed by atoms with van der Waals surface area (Å²) >= 11 is -0.257. The lowest BCUT2D eigenvalue weighted by molar-refractivity contribution is -0.144. The number of hydrogen-bond donors (Lipinski definition) is 1. The van der Waals surface area contributed by atoms with Gasteiger partial charge in [-0.3, -0.25) is 4.79 Å². The highest BCUT2D eigenvalue weighted by Crippen LogP contribution is 2.36. The standard InChI is InChI=1S/C14H16F3NO3S/c1-8(2)11(13(20)21-3)18-12(19)9-4-6-10(7-5-9)22-14(15,16)17/h4-8,11H,1-3H3,(H,18,19)/t11-/m0/s1. The van der Waals surface area contributed by atoms with E-state index in [2.05, 4.69) is 10.1 Å². The molecule has 1 atom stereocenters. The van der Waals surface area contributed by atoms with Crippen molar-refractivity contribution in [1.82, 2.24) is 5.32 Å². The van der Waals surface area contributed by atoms with Crippen LogP contribution in [0.3, 0.4) is 0 Å². The van der Waals surface area contributed by atoms with E-state index in [0.717, 1.165) is 0 Å². The van der Waals surface area contributed by atoms with E-state index in [1.165, 1.54) is 31.4 Å². The smallest absolute Gasteiger partial charge is 0.446 e. The molecular weight excluding hydrogens is 319 g/mol. The number of esters is 1. The second-order valence-corrected chi connectivity index (χ2v) is 5.93. The zero-order valence-electron chi connectivity index (χ0n) is 12.2. The van der Waals surface area contributed by atoms with Crippen molar-refractivity contribution < 1.29 is 27.5 Å². The van der Waals surface area contributed by atoms with Gasteiger partial charge in [0.2, 0.25) is 0 Å². The summed E-state index contributed by atoms with van der Waals surface area (Å²) in [6.45, 7) is 3.48. The molecule has 0 saturated carbocycles. The fourth-order valence-corrected chi connectivity index (χ4v) is 2.20. The normalized spacial score (nSPS) is 12.9. The van der Waals surface area contributed by atoms with Crippen molar-refractivity contribution in [2.75, 3.05) is 7.11 Å². The number of carbonyl (C=O) groups excluding carboxylic acids is 2. The lowest BCUT2D eigenvalue weighted by Crippen LogP contribution is -2.45. The van der Waals surface area contributed by atoms with Crippen molar-refractivity contribution in [3.8, 4) is 0 Å². The molecule has 1 rings (SSSR count). The van der Waals surface area contributed by atoms with Crippen LogP contribution in [0, 0.1) is 5.92 Å². The summed E-state index contributed by atoms with van der Waals surface area (Å²) in [6.07, 6.45) is 0. The summed E-state index contributed by atoms with van der Waals surface area (Å²) in [7, 11) is 1.22. The molecule has 0 fully saturated rings. The van der Waals surface area contributed by atoms with Crippen LogP contribution >= 0.6 is 11.8 Å². The van der Waals surface area contributed by atoms with E-state index in [4.69, 9.17) is 0 Å². The molecule has 1 N–H and O–H groups in total. The minimum Gasteiger partial charge on any atom is -0.467 e. The SMILES string of the molecule is COC(=O)[C@@H](NC(=O)c1ccc(SC(F)(F)F)cc1)C(C)C. The second kappa shape index (κ2) is 7.53. The van der Waals surface area contributed by atoms with Crippen molar-refractivity contribution in [2.24, 2.45) is 5.92 Å². The molecule has 0 aliphatic rings. The summed E-state index contributed by atoms with van der Waals surface area (Å²) in [4.78, 5) is 23.6. The Kier molecular flexibility index (Phi) is 6.28. The van der Waals surface area contributed by atoms with Gasteiger partial charge in [-0.25, -0.2) is 4.79 Å². The molecule has 0 radical (unpaired) electrons. The van der Waals surface area contributed by atoms with E-state index in [9.17, 15) is 22.8 Å². The van der Waals surface area contributed by atoms with E-state index in [0.29, 0.717) is 0 Å². The van der Waals surface area contributed by atoms with Gasteiger partial charge in [-0.2, -0.15) is 13.2 Å². The zero-order valence-corrected chi connectivity index (χ0v) is 13.0. The first-order valence-corrected chi connectivity index (χ1v) is 7.20. The van der Waals surface area contributed by atoms with E-state index in [1.807, 2.05) is 0 Å². The van der Waals surface area contributed by atoms with E-state index in [1.54, 1.807) is 13.8 Å². The minimum absolute atomic E-state index is 0.0163.